The molecule has 0 saturated heterocycles. The van der Waals surface area contributed by atoms with Gasteiger partial charge in [-0.15, -0.1) is 0 Å². The van der Waals surface area contributed by atoms with E-state index in [2.05, 4.69) is 41.8 Å². The molecule has 0 aromatic heterocycles. The van der Waals surface area contributed by atoms with E-state index in [0.717, 1.165) is 10.1 Å². The molecule has 0 aliphatic heterocycles. The Balaban J connectivity index is 2.91. The molecule has 1 rings (SSSR count). The van der Waals surface area contributed by atoms with Crippen molar-refractivity contribution in [2.45, 2.75) is 13.8 Å². The minimum atomic E-state index is -0.356. The minimum Gasteiger partial charge on any atom is -0.379 e. The first-order valence-corrected chi connectivity index (χ1v) is 5.76. The standard InChI is InChI=1S/C10H13IN2O2/c1-7(2)6-12-9-4-3-8(11)5-10(9)13(14)15/h3-5,7,12H,6H2,1-2H3. The number of halogens is 1. The topological polar surface area (TPSA) is 55.2 Å². The van der Waals surface area contributed by atoms with Crippen LogP contribution in [0.2, 0.25) is 0 Å². The van der Waals surface area contributed by atoms with Crippen LogP contribution in [0.1, 0.15) is 13.8 Å². The van der Waals surface area contributed by atoms with Crippen molar-refractivity contribution in [3.63, 3.8) is 0 Å². The van der Waals surface area contributed by atoms with E-state index in [1.54, 1.807) is 12.1 Å². The molecule has 0 fully saturated rings. The molecule has 0 aliphatic rings. The fourth-order valence-corrected chi connectivity index (χ4v) is 1.59. The molecule has 0 unspecified atom stereocenters. The lowest BCUT2D eigenvalue weighted by molar-refractivity contribution is -0.384. The van der Waals surface area contributed by atoms with Gasteiger partial charge in [0.25, 0.3) is 5.69 Å². The third-order valence-electron chi connectivity index (χ3n) is 1.86. The molecule has 0 radical (unpaired) electrons. The largest absolute Gasteiger partial charge is 0.379 e. The molecular formula is C10H13IN2O2. The van der Waals surface area contributed by atoms with Crippen molar-refractivity contribution >= 4 is 34.0 Å². The van der Waals surface area contributed by atoms with Gasteiger partial charge in [-0.25, -0.2) is 0 Å². The maximum Gasteiger partial charge on any atom is 0.293 e. The Kier molecular flexibility index (Phi) is 4.31. The van der Waals surface area contributed by atoms with E-state index in [1.165, 1.54) is 0 Å². The van der Waals surface area contributed by atoms with Crippen LogP contribution in [0, 0.1) is 19.6 Å². The summed E-state index contributed by atoms with van der Waals surface area (Å²) in [5.74, 6) is 0.462. The molecule has 5 heteroatoms. The summed E-state index contributed by atoms with van der Waals surface area (Å²) < 4.78 is 0.870. The van der Waals surface area contributed by atoms with Gasteiger partial charge in [0.05, 0.1) is 4.92 Å². The second-order valence-corrected chi connectivity index (χ2v) is 4.94. The Bertz CT molecular complexity index is 366. The van der Waals surface area contributed by atoms with E-state index >= 15 is 0 Å². The van der Waals surface area contributed by atoms with Gasteiger partial charge >= 0.3 is 0 Å². The lowest BCUT2D eigenvalue weighted by Gasteiger charge is -2.09. The van der Waals surface area contributed by atoms with Crippen LogP contribution in [0.4, 0.5) is 11.4 Å². The van der Waals surface area contributed by atoms with Crippen molar-refractivity contribution in [1.82, 2.24) is 0 Å². The normalized spacial score (nSPS) is 10.4. The second kappa shape index (κ2) is 5.29. The summed E-state index contributed by atoms with van der Waals surface area (Å²) in [4.78, 5) is 10.4. The van der Waals surface area contributed by atoms with Crippen LogP contribution >= 0.6 is 22.6 Å². The summed E-state index contributed by atoms with van der Waals surface area (Å²) in [5, 5.41) is 13.9. The molecule has 0 atom stereocenters. The van der Waals surface area contributed by atoms with Crippen LogP contribution in [-0.2, 0) is 0 Å². The van der Waals surface area contributed by atoms with Crippen LogP contribution in [0.5, 0.6) is 0 Å². The predicted molar refractivity (Wildman–Crippen MR) is 69.1 cm³/mol. The van der Waals surface area contributed by atoms with Crippen LogP contribution in [0.25, 0.3) is 0 Å². The summed E-state index contributed by atoms with van der Waals surface area (Å²) in [5.41, 5.74) is 0.733. The number of hydrogen-bond acceptors (Lipinski definition) is 3. The van der Waals surface area contributed by atoms with Crippen molar-refractivity contribution in [1.29, 1.82) is 0 Å². The van der Waals surface area contributed by atoms with Crippen molar-refractivity contribution in [2.24, 2.45) is 5.92 Å². The van der Waals surface area contributed by atoms with Crippen molar-refractivity contribution in [3.8, 4) is 0 Å². The zero-order chi connectivity index (χ0) is 11.4. The van der Waals surface area contributed by atoms with Gasteiger partial charge in [0.1, 0.15) is 5.69 Å². The number of nitrogens with zero attached hydrogens (tertiary/aromatic N) is 1. The van der Waals surface area contributed by atoms with Gasteiger partial charge in [0.2, 0.25) is 0 Å². The first-order valence-electron chi connectivity index (χ1n) is 4.68. The second-order valence-electron chi connectivity index (χ2n) is 3.69. The van der Waals surface area contributed by atoms with Crippen LogP contribution < -0.4 is 5.32 Å². The summed E-state index contributed by atoms with van der Waals surface area (Å²) >= 11 is 2.07. The SMILES string of the molecule is CC(C)CNc1ccc(I)cc1[N+](=O)[O-]. The average Bonchev–Trinajstić information content (AvgIpc) is 2.15. The third-order valence-corrected chi connectivity index (χ3v) is 2.53. The molecule has 1 aromatic rings. The fraction of sp³-hybridized carbons (Fsp3) is 0.400. The van der Waals surface area contributed by atoms with Gasteiger partial charge in [-0.2, -0.15) is 0 Å². The lowest BCUT2D eigenvalue weighted by atomic mass is 10.2. The van der Waals surface area contributed by atoms with E-state index in [1.807, 2.05) is 6.07 Å². The van der Waals surface area contributed by atoms with Gasteiger partial charge < -0.3 is 5.32 Å². The maximum atomic E-state index is 10.8. The molecule has 82 valence electrons. The highest BCUT2D eigenvalue weighted by Gasteiger charge is 2.13. The number of hydrogen-bond donors (Lipinski definition) is 1. The highest BCUT2D eigenvalue weighted by Crippen LogP contribution is 2.26. The Morgan fingerprint density at radius 3 is 2.73 bits per heavy atom. The number of nitrogens with one attached hydrogen (secondary N) is 1. The van der Waals surface area contributed by atoms with Gasteiger partial charge in [-0.1, -0.05) is 13.8 Å². The van der Waals surface area contributed by atoms with Crippen LogP contribution in [0.15, 0.2) is 18.2 Å². The smallest absolute Gasteiger partial charge is 0.293 e. The Hall–Kier alpha value is -0.850. The minimum absolute atomic E-state index is 0.141. The van der Waals surface area contributed by atoms with E-state index in [9.17, 15) is 10.1 Å². The summed E-state index contributed by atoms with van der Waals surface area (Å²) in [6.45, 7) is 4.86. The van der Waals surface area contributed by atoms with E-state index < -0.39 is 0 Å². The predicted octanol–water partition coefficient (Wildman–Crippen LogP) is 3.27. The number of benzene rings is 1. The van der Waals surface area contributed by atoms with Crippen molar-refractivity contribution < 1.29 is 4.92 Å². The Morgan fingerprint density at radius 2 is 2.20 bits per heavy atom. The highest BCUT2D eigenvalue weighted by atomic mass is 127. The van der Waals surface area contributed by atoms with E-state index in [0.29, 0.717) is 11.6 Å². The fourth-order valence-electron chi connectivity index (χ4n) is 1.12. The van der Waals surface area contributed by atoms with Crippen LogP contribution in [0.3, 0.4) is 0 Å². The maximum absolute atomic E-state index is 10.8. The molecule has 1 N–H and O–H groups in total. The Morgan fingerprint density at radius 1 is 1.53 bits per heavy atom. The van der Waals surface area contributed by atoms with Crippen LogP contribution in [-0.4, -0.2) is 11.5 Å². The van der Waals surface area contributed by atoms with Gasteiger partial charge in [0, 0.05) is 16.2 Å². The molecule has 4 nitrogen and oxygen atoms in total. The highest BCUT2D eigenvalue weighted by molar-refractivity contribution is 14.1. The zero-order valence-corrected chi connectivity index (χ0v) is 10.8. The Labute approximate surface area is 102 Å². The summed E-state index contributed by atoms with van der Waals surface area (Å²) in [7, 11) is 0. The zero-order valence-electron chi connectivity index (χ0n) is 8.66. The molecule has 0 saturated carbocycles. The summed E-state index contributed by atoms with van der Waals surface area (Å²) in [6, 6.07) is 5.18. The van der Waals surface area contributed by atoms with Gasteiger partial charge in [-0.05, 0) is 40.6 Å². The molecule has 0 spiro atoms. The molecule has 1 aromatic carbocycles. The number of rotatable bonds is 4. The molecular weight excluding hydrogens is 307 g/mol. The average molecular weight is 320 g/mol. The van der Waals surface area contributed by atoms with E-state index in [-0.39, 0.29) is 10.6 Å². The number of nitro groups is 1. The number of anilines is 1. The lowest BCUT2D eigenvalue weighted by Crippen LogP contribution is -2.09. The monoisotopic (exact) mass is 320 g/mol. The molecule has 0 amide bonds. The molecule has 15 heavy (non-hydrogen) atoms. The van der Waals surface area contributed by atoms with Gasteiger partial charge in [-0.3, -0.25) is 10.1 Å². The summed E-state index contributed by atoms with van der Waals surface area (Å²) in [6.07, 6.45) is 0. The molecule has 0 bridgehead atoms. The third kappa shape index (κ3) is 3.65. The van der Waals surface area contributed by atoms with Gasteiger partial charge in [0.15, 0.2) is 0 Å². The first-order chi connectivity index (χ1) is 7.00. The quantitative estimate of drug-likeness (QED) is 0.526. The molecule has 0 aliphatic carbocycles. The van der Waals surface area contributed by atoms with Crippen molar-refractivity contribution in [3.05, 3.63) is 31.9 Å². The van der Waals surface area contributed by atoms with E-state index in [4.69, 9.17) is 0 Å². The first kappa shape index (κ1) is 12.2. The molecule has 0 heterocycles. The van der Waals surface area contributed by atoms with Crippen molar-refractivity contribution in [2.75, 3.05) is 11.9 Å². The number of nitro benzene ring substituents is 1.